The third-order valence-corrected chi connectivity index (χ3v) is 3.48. The second-order valence-electron chi connectivity index (χ2n) is 5.16. The zero-order chi connectivity index (χ0) is 16.5. The lowest BCUT2D eigenvalue weighted by Gasteiger charge is -2.13. The summed E-state index contributed by atoms with van der Waals surface area (Å²) in [5.41, 5.74) is -1.60. The molecule has 6 nitrogen and oxygen atoms in total. The van der Waals surface area contributed by atoms with Crippen LogP contribution in [0.15, 0.2) is 39.7 Å². The number of aromatic nitrogens is 3. The van der Waals surface area contributed by atoms with Crippen molar-refractivity contribution < 1.29 is 0 Å². The highest BCUT2D eigenvalue weighted by Gasteiger charge is 2.14. The number of hydrogen-bond donors (Lipinski definition) is 0. The van der Waals surface area contributed by atoms with Gasteiger partial charge in [-0.15, -0.1) is 13.2 Å². The van der Waals surface area contributed by atoms with Crippen molar-refractivity contribution in [3.63, 3.8) is 0 Å². The maximum atomic E-state index is 12.4. The number of rotatable bonds is 10. The van der Waals surface area contributed by atoms with E-state index in [0.29, 0.717) is 19.4 Å². The van der Waals surface area contributed by atoms with Gasteiger partial charge in [0.05, 0.1) is 0 Å². The molecule has 0 saturated carbocycles. The molecule has 0 N–H and O–H groups in total. The fourth-order valence-electron chi connectivity index (χ4n) is 2.22. The number of hydrogen-bond acceptors (Lipinski definition) is 3. The van der Waals surface area contributed by atoms with Gasteiger partial charge in [0.2, 0.25) is 0 Å². The van der Waals surface area contributed by atoms with Crippen LogP contribution in [-0.4, -0.2) is 13.7 Å². The minimum absolute atomic E-state index is 0.239. The summed E-state index contributed by atoms with van der Waals surface area (Å²) in [4.78, 5) is 37.1. The zero-order valence-electron chi connectivity index (χ0n) is 13.3. The van der Waals surface area contributed by atoms with Crippen molar-refractivity contribution in [2.24, 2.45) is 0 Å². The monoisotopic (exact) mass is 307 g/mol. The van der Waals surface area contributed by atoms with E-state index in [2.05, 4.69) is 20.1 Å². The van der Waals surface area contributed by atoms with Crippen LogP contribution in [0.2, 0.25) is 0 Å². The molecular formula is C16H25N3O3. The highest BCUT2D eigenvalue weighted by molar-refractivity contribution is 4.82. The highest BCUT2D eigenvalue weighted by Crippen LogP contribution is 1.95. The molecule has 0 spiro atoms. The maximum Gasteiger partial charge on any atom is 0.336 e. The van der Waals surface area contributed by atoms with Crippen molar-refractivity contribution in [1.29, 1.82) is 0 Å². The van der Waals surface area contributed by atoms with Crippen LogP contribution < -0.4 is 17.1 Å². The topological polar surface area (TPSA) is 66.0 Å². The molecule has 1 rings (SSSR count). The lowest BCUT2D eigenvalue weighted by Crippen LogP contribution is -2.54. The van der Waals surface area contributed by atoms with Crippen molar-refractivity contribution in [2.45, 2.75) is 58.7 Å². The van der Waals surface area contributed by atoms with Crippen molar-refractivity contribution >= 4 is 0 Å². The van der Waals surface area contributed by atoms with Crippen LogP contribution in [0.5, 0.6) is 0 Å². The maximum absolute atomic E-state index is 12.4. The van der Waals surface area contributed by atoms with Gasteiger partial charge in [-0.25, -0.2) is 28.1 Å². The normalized spacial score (nSPS) is 10.6. The van der Waals surface area contributed by atoms with E-state index in [9.17, 15) is 14.4 Å². The number of unbranched alkanes of at least 4 members (excludes halogenated alkanes) is 2. The summed E-state index contributed by atoms with van der Waals surface area (Å²) in [5.74, 6) is 0. The summed E-state index contributed by atoms with van der Waals surface area (Å²) in [6.45, 7) is 10.1. The van der Waals surface area contributed by atoms with Crippen LogP contribution in [0, 0.1) is 0 Å². The Hall–Kier alpha value is -2.11. The Morgan fingerprint density at radius 2 is 1.18 bits per heavy atom. The van der Waals surface area contributed by atoms with E-state index in [1.54, 1.807) is 12.2 Å². The van der Waals surface area contributed by atoms with E-state index in [4.69, 9.17) is 0 Å². The Balaban J connectivity index is 3.37. The molecule has 1 heterocycles. The first-order valence-electron chi connectivity index (χ1n) is 7.74. The largest absolute Gasteiger partial charge is 0.336 e. The first kappa shape index (κ1) is 17.9. The second kappa shape index (κ2) is 9.02. The van der Waals surface area contributed by atoms with Crippen LogP contribution >= 0.6 is 0 Å². The molecule has 6 heteroatoms. The summed E-state index contributed by atoms with van der Waals surface area (Å²) in [6.07, 6.45) is 6.97. The standard InChI is InChI=1S/C16H25N3O3/c1-4-7-10-13-19-15(21)17(11-8-5-2)14(20)18(16(19)22)12-9-6-3/h5-6H,2-4,7-13H2,1H3. The Morgan fingerprint density at radius 3 is 1.55 bits per heavy atom. The molecule has 0 unspecified atom stereocenters. The Bertz CT molecular complexity index is 629. The molecule has 0 aliphatic rings. The SMILES string of the molecule is C=CCCn1c(=O)n(CCC=C)c(=O)n(CCCCC)c1=O. The van der Waals surface area contributed by atoms with Crippen molar-refractivity contribution in [3.05, 3.63) is 56.8 Å². The predicted molar refractivity (Wildman–Crippen MR) is 88.4 cm³/mol. The van der Waals surface area contributed by atoms with Gasteiger partial charge in [-0.05, 0) is 19.3 Å². The Morgan fingerprint density at radius 1 is 0.773 bits per heavy atom. The van der Waals surface area contributed by atoms with Gasteiger partial charge in [0.25, 0.3) is 0 Å². The van der Waals surface area contributed by atoms with Crippen molar-refractivity contribution in [1.82, 2.24) is 13.7 Å². The van der Waals surface area contributed by atoms with Gasteiger partial charge in [-0.2, -0.15) is 0 Å². The molecule has 0 saturated heterocycles. The van der Waals surface area contributed by atoms with E-state index in [1.165, 1.54) is 4.57 Å². The quantitative estimate of drug-likeness (QED) is 0.486. The van der Waals surface area contributed by atoms with Gasteiger partial charge in [0.15, 0.2) is 0 Å². The van der Waals surface area contributed by atoms with Gasteiger partial charge in [-0.1, -0.05) is 31.9 Å². The molecule has 0 aromatic carbocycles. The second-order valence-corrected chi connectivity index (χ2v) is 5.16. The van der Waals surface area contributed by atoms with E-state index in [0.717, 1.165) is 28.4 Å². The molecule has 1 aromatic heterocycles. The molecular weight excluding hydrogens is 282 g/mol. The molecule has 0 aliphatic heterocycles. The molecule has 0 radical (unpaired) electrons. The number of nitrogens with zero attached hydrogens (tertiary/aromatic N) is 3. The van der Waals surface area contributed by atoms with Crippen LogP contribution in [0.25, 0.3) is 0 Å². The Labute approximate surface area is 130 Å². The predicted octanol–water partition coefficient (Wildman–Crippen LogP) is 1.51. The lowest BCUT2D eigenvalue weighted by atomic mass is 10.2. The van der Waals surface area contributed by atoms with Crippen molar-refractivity contribution in [2.75, 3.05) is 0 Å². The third kappa shape index (κ3) is 4.19. The first-order valence-corrected chi connectivity index (χ1v) is 7.74. The van der Waals surface area contributed by atoms with Crippen LogP contribution in [0.1, 0.15) is 39.0 Å². The van der Waals surface area contributed by atoms with E-state index >= 15 is 0 Å². The lowest BCUT2D eigenvalue weighted by molar-refractivity contribution is 0.437. The third-order valence-electron chi connectivity index (χ3n) is 3.48. The summed E-state index contributed by atoms with van der Waals surface area (Å²) in [6, 6.07) is 0. The molecule has 0 aliphatic carbocycles. The van der Waals surface area contributed by atoms with Gasteiger partial charge in [0, 0.05) is 19.6 Å². The average molecular weight is 307 g/mol. The van der Waals surface area contributed by atoms with Gasteiger partial charge < -0.3 is 0 Å². The van der Waals surface area contributed by atoms with E-state index in [1.807, 2.05) is 0 Å². The minimum Gasteiger partial charge on any atom is -0.247 e. The molecule has 0 atom stereocenters. The summed E-state index contributed by atoms with van der Waals surface area (Å²) < 4.78 is 3.42. The highest BCUT2D eigenvalue weighted by atomic mass is 16.2. The van der Waals surface area contributed by atoms with Crippen molar-refractivity contribution in [3.8, 4) is 0 Å². The molecule has 122 valence electrons. The van der Waals surface area contributed by atoms with Crippen LogP contribution in [0.4, 0.5) is 0 Å². The van der Waals surface area contributed by atoms with E-state index < -0.39 is 17.1 Å². The Kier molecular flexibility index (Phi) is 7.36. The first-order chi connectivity index (χ1) is 10.6. The molecule has 0 amide bonds. The van der Waals surface area contributed by atoms with Gasteiger partial charge >= 0.3 is 17.1 Å². The number of allylic oxidation sites excluding steroid dienone is 2. The summed E-state index contributed by atoms with van der Waals surface area (Å²) in [5, 5.41) is 0. The van der Waals surface area contributed by atoms with Gasteiger partial charge in [-0.3, -0.25) is 0 Å². The van der Waals surface area contributed by atoms with Gasteiger partial charge in [0.1, 0.15) is 0 Å². The summed E-state index contributed by atoms with van der Waals surface area (Å²) >= 11 is 0. The molecule has 0 fully saturated rings. The molecule has 0 bridgehead atoms. The van der Waals surface area contributed by atoms with E-state index in [-0.39, 0.29) is 13.1 Å². The minimum atomic E-state index is -0.551. The van der Waals surface area contributed by atoms with Crippen LogP contribution in [-0.2, 0) is 19.6 Å². The zero-order valence-corrected chi connectivity index (χ0v) is 13.3. The fraction of sp³-hybridized carbons (Fsp3) is 0.562. The average Bonchev–Trinajstić information content (AvgIpc) is 2.50. The molecule has 1 aromatic rings. The fourth-order valence-corrected chi connectivity index (χ4v) is 2.22. The smallest absolute Gasteiger partial charge is 0.247 e. The summed E-state index contributed by atoms with van der Waals surface area (Å²) in [7, 11) is 0. The molecule has 22 heavy (non-hydrogen) atoms. The van der Waals surface area contributed by atoms with Crippen LogP contribution in [0.3, 0.4) is 0 Å².